The molecule has 2 aromatic rings. The summed E-state index contributed by atoms with van der Waals surface area (Å²) in [5.41, 5.74) is 4.07. The Labute approximate surface area is 170 Å². The zero-order valence-corrected chi connectivity index (χ0v) is 16.9. The van der Waals surface area contributed by atoms with Crippen LogP contribution in [0.2, 0.25) is 0 Å². The molecule has 0 aliphatic carbocycles. The molecule has 2 aromatic carbocycles. The van der Waals surface area contributed by atoms with E-state index in [-0.39, 0.29) is 24.5 Å². The monoisotopic (exact) mass is 394 g/mol. The van der Waals surface area contributed by atoms with Gasteiger partial charge in [0, 0.05) is 23.8 Å². The van der Waals surface area contributed by atoms with Crippen molar-refractivity contribution in [3.63, 3.8) is 0 Å². The summed E-state index contributed by atoms with van der Waals surface area (Å²) in [5.74, 6) is -2.14. The van der Waals surface area contributed by atoms with E-state index >= 15 is 0 Å². The van der Waals surface area contributed by atoms with Crippen molar-refractivity contribution in [2.24, 2.45) is 0 Å². The van der Waals surface area contributed by atoms with Crippen LogP contribution in [0.1, 0.15) is 25.0 Å². The van der Waals surface area contributed by atoms with Crippen LogP contribution in [0.25, 0.3) is 6.08 Å². The van der Waals surface area contributed by atoms with Crippen LogP contribution in [0.15, 0.2) is 54.6 Å². The fourth-order valence-corrected chi connectivity index (χ4v) is 4.05. The van der Waals surface area contributed by atoms with Crippen LogP contribution in [0.4, 0.5) is 11.4 Å². The Hall–Kier alpha value is -3.28. The first-order valence-corrected chi connectivity index (χ1v) is 9.49. The minimum Gasteiger partial charge on any atom is -0.480 e. The van der Waals surface area contributed by atoms with E-state index in [1.54, 1.807) is 12.1 Å². The summed E-state index contributed by atoms with van der Waals surface area (Å²) in [6.07, 6.45) is 4.23. The van der Waals surface area contributed by atoms with Gasteiger partial charge in [-0.2, -0.15) is 0 Å². The van der Waals surface area contributed by atoms with Crippen LogP contribution in [0.3, 0.4) is 0 Å². The zero-order valence-electron chi connectivity index (χ0n) is 16.9. The molecule has 0 spiro atoms. The van der Waals surface area contributed by atoms with E-state index in [4.69, 9.17) is 10.2 Å². The molecular weight excluding hydrogens is 368 g/mol. The second-order valence-corrected chi connectivity index (χ2v) is 7.89. The average molecular weight is 394 g/mol. The molecule has 0 aromatic heterocycles. The number of anilines is 2. The van der Waals surface area contributed by atoms with Crippen LogP contribution in [-0.4, -0.2) is 48.3 Å². The Bertz CT molecular complexity index is 918. The molecular formula is C23H26N2O4. The molecule has 0 bridgehead atoms. The third-order valence-electron chi connectivity index (χ3n) is 5.52. The number of para-hydroxylation sites is 1. The van der Waals surface area contributed by atoms with E-state index in [1.165, 1.54) is 16.2 Å². The Morgan fingerprint density at radius 2 is 1.62 bits per heavy atom. The highest BCUT2D eigenvalue weighted by atomic mass is 16.4. The SMILES string of the molecule is CN1c2ccccc2C(C)(C)C1/C=C/c1ccc(N(CC(=O)O)CC(=O)O)cc1. The summed E-state index contributed by atoms with van der Waals surface area (Å²) in [6, 6.07) is 15.9. The second kappa shape index (κ2) is 7.99. The Morgan fingerprint density at radius 1 is 1.03 bits per heavy atom. The van der Waals surface area contributed by atoms with Gasteiger partial charge < -0.3 is 20.0 Å². The predicted octanol–water partition coefficient (Wildman–Crippen LogP) is 3.47. The lowest BCUT2D eigenvalue weighted by Crippen LogP contribution is -2.37. The highest BCUT2D eigenvalue weighted by molar-refractivity contribution is 5.79. The maximum atomic E-state index is 11.0. The Morgan fingerprint density at radius 3 is 2.17 bits per heavy atom. The molecule has 0 saturated carbocycles. The number of hydrogen-bond donors (Lipinski definition) is 2. The normalized spacial score (nSPS) is 17.3. The molecule has 152 valence electrons. The van der Waals surface area contributed by atoms with Crippen LogP contribution in [0, 0.1) is 0 Å². The van der Waals surface area contributed by atoms with E-state index in [2.05, 4.69) is 62.2 Å². The van der Waals surface area contributed by atoms with Gasteiger partial charge in [0.05, 0.1) is 6.04 Å². The van der Waals surface area contributed by atoms with Gasteiger partial charge in [-0.05, 0) is 29.3 Å². The van der Waals surface area contributed by atoms with Crippen molar-refractivity contribution in [1.29, 1.82) is 0 Å². The summed E-state index contributed by atoms with van der Waals surface area (Å²) >= 11 is 0. The molecule has 1 atom stereocenters. The number of likely N-dealkylation sites (N-methyl/N-ethyl adjacent to an activating group) is 1. The number of carboxylic acids is 2. The van der Waals surface area contributed by atoms with Crippen LogP contribution in [0.5, 0.6) is 0 Å². The molecule has 0 amide bonds. The molecule has 0 saturated heterocycles. The largest absolute Gasteiger partial charge is 0.480 e. The number of nitrogens with zero attached hydrogens (tertiary/aromatic N) is 2. The predicted molar refractivity (Wildman–Crippen MR) is 115 cm³/mol. The average Bonchev–Trinajstić information content (AvgIpc) is 2.86. The van der Waals surface area contributed by atoms with Gasteiger partial charge in [0.15, 0.2) is 0 Å². The number of carboxylic acid groups (broad SMARTS) is 2. The van der Waals surface area contributed by atoms with Crippen LogP contribution in [-0.2, 0) is 15.0 Å². The molecule has 1 heterocycles. The minimum absolute atomic E-state index is 0.0262. The minimum atomic E-state index is -1.07. The summed E-state index contributed by atoms with van der Waals surface area (Å²) in [7, 11) is 2.10. The molecule has 3 rings (SSSR count). The van der Waals surface area contributed by atoms with Gasteiger partial charge in [-0.15, -0.1) is 0 Å². The lowest BCUT2D eigenvalue weighted by Gasteiger charge is -2.29. The molecule has 29 heavy (non-hydrogen) atoms. The van der Waals surface area contributed by atoms with Gasteiger partial charge in [-0.25, -0.2) is 0 Å². The Kier molecular flexibility index (Phi) is 5.64. The number of fused-ring (bicyclic) bond motifs is 1. The Balaban J connectivity index is 1.78. The first-order chi connectivity index (χ1) is 13.7. The first-order valence-electron chi connectivity index (χ1n) is 9.49. The highest BCUT2D eigenvalue weighted by Crippen LogP contribution is 2.44. The maximum Gasteiger partial charge on any atom is 0.323 e. The molecule has 6 heteroatoms. The fraction of sp³-hybridized carbons (Fsp3) is 0.304. The van der Waals surface area contributed by atoms with Crippen molar-refractivity contribution >= 4 is 29.4 Å². The third kappa shape index (κ3) is 4.26. The number of hydrogen-bond acceptors (Lipinski definition) is 4. The summed E-state index contributed by atoms with van der Waals surface area (Å²) in [4.78, 5) is 25.6. The maximum absolute atomic E-state index is 11.0. The van der Waals surface area contributed by atoms with Crippen molar-refractivity contribution < 1.29 is 19.8 Å². The van der Waals surface area contributed by atoms with Crippen molar-refractivity contribution in [2.75, 3.05) is 29.9 Å². The van der Waals surface area contributed by atoms with Crippen molar-refractivity contribution in [2.45, 2.75) is 25.3 Å². The van der Waals surface area contributed by atoms with Gasteiger partial charge >= 0.3 is 11.9 Å². The number of benzene rings is 2. The number of carbonyl (C=O) groups is 2. The quantitative estimate of drug-likeness (QED) is 0.748. The molecule has 1 aliphatic heterocycles. The van der Waals surface area contributed by atoms with Gasteiger partial charge in [0.25, 0.3) is 0 Å². The number of rotatable bonds is 7. The van der Waals surface area contributed by atoms with Gasteiger partial charge in [-0.3, -0.25) is 9.59 Å². The molecule has 2 N–H and O–H groups in total. The van der Waals surface area contributed by atoms with Crippen LogP contribution >= 0.6 is 0 Å². The van der Waals surface area contributed by atoms with Gasteiger partial charge in [0.1, 0.15) is 13.1 Å². The zero-order chi connectivity index (χ0) is 21.2. The lowest BCUT2D eigenvalue weighted by molar-refractivity contribution is -0.136. The second-order valence-electron chi connectivity index (χ2n) is 7.89. The molecule has 6 nitrogen and oxygen atoms in total. The van der Waals surface area contributed by atoms with E-state index in [0.29, 0.717) is 5.69 Å². The third-order valence-corrected chi connectivity index (χ3v) is 5.52. The van der Waals surface area contributed by atoms with E-state index < -0.39 is 11.9 Å². The fourth-order valence-electron chi connectivity index (χ4n) is 4.05. The highest BCUT2D eigenvalue weighted by Gasteiger charge is 2.41. The standard InChI is InChI=1S/C23H26N2O4/c1-23(2)18-6-4-5-7-19(18)24(3)20(23)13-10-16-8-11-17(12-9-16)25(14-21(26)27)15-22(28)29/h4-13,20H,14-15H2,1-3H3,(H,26,27)(H,28,29)/b13-10+. The van der Waals surface area contributed by atoms with Crippen molar-refractivity contribution in [1.82, 2.24) is 0 Å². The molecule has 0 fully saturated rings. The topological polar surface area (TPSA) is 81.1 Å². The molecule has 1 unspecified atom stereocenters. The van der Waals surface area contributed by atoms with Crippen molar-refractivity contribution in [3.05, 3.63) is 65.7 Å². The summed E-state index contributed by atoms with van der Waals surface area (Å²) < 4.78 is 0. The van der Waals surface area contributed by atoms with E-state index in [0.717, 1.165) is 5.56 Å². The van der Waals surface area contributed by atoms with E-state index in [1.807, 2.05) is 12.1 Å². The lowest BCUT2D eigenvalue weighted by atomic mass is 9.80. The van der Waals surface area contributed by atoms with Crippen LogP contribution < -0.4 is 9.80 Å². The number of aliphatic carboxylic acids is 2. The van der Waals surface area contributed by atoms with E-state index in [9.17, 15) is 9.59 Å². The summed E-state index contributed by atoms with van der Waals surface area (Å²) in [5, 5.41) is 18.0. The van der Waals surface area contributed by atoms with Gasteiger partial charge in [0.2, 0.25) is 0 Å². The molecule has 1 aliphatic rings. The first kappa shape index (κ1) is 20.5. The summed E-state index contributed by atoms with van der Waals surface area (Å²) in [6.45, 7) is 3.76. The van der Waals surface area contributed by atoms with Gasteiger partial charge in [-0.1, -0.05) is 56.3 Å². The smallest absolute Gasteiger partial charge is 0.323 e. The molecule has 0 radical (unpaired) electrons. The van der Waals surface area contributed by atoms with Crippen molar-refractivity contribution in [3.8, 4) is 0 Å².